The van der Waals surface area contributed by atoms with E-state index in [0.717, 1.165) is 0 Å². The van der Waals surface area contributed by atoms with E-state index in [1.807, 2.05) is 24.4 Å². The lowest BCUT2D eigenvalue weighted by atomic mass is 9.83. The maximum absolute atomic E-state index is 12.6. The topological polar surface area (TPSA) is 49.7 Å². The Morgan fingerprint density at radius 2 is 1.74 bits per heavy atom. The average Bonchev–Trinajstić information content (AvgIpc) is 2.84. The van der Waals surface area contributed by atoms with E-state index >= 15 is 0 Å². The van der Waals surface area contributed by atoms with Gasteiger partial charge in [0.25, 0.3) is 0 Å². The number of hydrogen-bond acceptors (Lipinski definition) is 4. The Morgan fingerprint density at radius 1 is 1.00 bits per heavy atom. The maximum Gasteiger partial charge on any atom is 0.190 e. The third-order valence-electron chi connectivity index (χ3n) is 3.73. The van der Waals surface area contributed by atoms with Gasteiger partial charge in [0.1, 0.15) is 17.9 Å². The van der Waals surface area contributed by atoms with Gasteiger partial charge in [-0.15, -0.1) is 0 Å². The molecule has 1 aromatic rings. The van der Waals surface area contributed by atoms with Gasteiger partial charge in [-0.3, -0.25) is 14.6 Å². The monoisotopic (exact) mass is 250 g/mol. The van der Waals surface area contributed by atoms with E-state index in [1.54, 1.807) is 29.2 Å². The van der Waals surface area contributed by atoms with Crippen LogP contribution in [0.2, 0.25) is 0 Å². The van der Waals surface area contributed by atoms with Crippen LogP contribution in [0, 0.1) is 0 Å². The summed E-state index contributed by atoms with van der Waals surface area (Å²) in [6.45, 7) is 0. The van der Waals surface area contributed by atoms with Crippen molar-refractivity contribution in [3.05, 3.63) is 59.8 Å². The largest absolute Gasteiger partial charge is 0.320 e. The summed E-state index contributed by atoms with van der Waals surface area (Å²) in [5.74, 6) is 0.592. The normalized spacial score (nSPS) is 26.9. The van der Waals surface area contributed by atoms with Crippen molar-refractivity contribution < 1.29 is 9.59 Å². The van der Waals surface area contributed by atoms with Gasteiger partial charge in [-0.05, 0) is 12.2 Å². The second kappa shape index (κ2) is 3.51. The molecule has 0 spiro atoms. The number of rotatable bonds is 0. The smallest absolute Gasteiger partial charge is 0.190 e. The van der Waals surface area contributed by atoms with Crippen LogP contribution in [0.1, 0.15) is 20.7 Å². The zero-order valence-corrected chi connectivity index (χ0v) is 9.98. The van der Waals surface area contributed by atoms with Crippen LogP contribution in [0.25, 0.3) is 0 Å². The van der Waals surface area contributed by atoms with Gasteiger partial charge in [-0.1, -0.05) is 30.3 Å². The van der Waals surface area contributed by atoms with Crippen LogP contribution in [-0.4, -0.2) is 34.4 Å². The predicted octanol–water partition coefficient (Wildman–Crippen LogP) is 1.60. The molecule has 0 saturated heterocycles. The van der Waals surface area contributed by atoms with Gasteiger partial charge in [0.05, 0.1) is 0 Å². The molecule has 2 aliphatic heterocycles. The van der Waals surface area contributed by atoms with Crippen molar-refractivity contribution >= 4 is 17.4 Å². The average molecular weight is 250 g/mol. The van der Waals surface area contributed by atoms with Crippen LogP contribution in [0.5, 0.6) is 0 Å². The number of carbonyl (C=O) groups excluding carboxylic acids is 2. The van der Waals surface area contributed by atoms with Crippen molar-refractivity contribution in [2.45, 2.75) is 12.1 Å². The first-order valence-electron chi connectivity index (χ1n) is 6.16. The highest BCUT2D eigenvalue weighted by atomic mass is 16.1. The summed E-state index contributed by atoms with van der Waals surface area (Å²) in [6, 6.07) is 5.86. The number of Topliss-reactive ketones (excluding diaryl/α,β-unsaturated/α-hetero) is 2. The van der Waals surface area contributed by atoms with Gasteiger partial charge in [0.15, 0.2) is 11.6 Å². The highest BCUT2D eigenvalue weighted by Gasteiger charge is 2.48. The second-order valence-electron chi connectivity index (χ2n) is 4.76. The first-order valence-corrected chi connectivity index (χ1v) is 6.16. The first-order chi connectivity index (χ1) is 9.27. The minimum Gasteiger partial charge on any atom is -0.320 e. The zero-order valence-electron chi connectivity index (χ0n) is 9.98. The molecule has 19 heavy (non-hydrogen) atoms. The van der Waals surface area contributed by atoms with E-state index < -0.39 is 12.1 Å². The summed E-state index contributed by atoms with van der Waals surface area (Å²) in [5.41, 5.74) is 0.999. The van der Waals surface area contributed by atoms with E-state index in [1.165, 1.54) is 0 Å². The van der Waals surface area contributed by atoms with E-state index in [-0.39, 0.29) is 11.6 Å². The Balaban J connectivity index is 1.90. The van der Waals surface area contributed by atoms with E-state index in [0.29, 0.717) is 17.0 Å². The molecule has 2 heterocycles. The molecule has 0 saturated carbocycles. The molecule has 0 fully saturated rings. The van der Waals surface area contributed by atoms with E-state index in [2.05, 4.69) is 4.99 Å². The Kier molecular flexibility index (Phi) is 1.93. The quantitative estimate of drug-likeness (QED) is 0.702. The third-order valence-corrected chi connectivity index (χ3v) is 3.73. The van der Waals surface area contributed by atoms with E-state index in [4.69, 9.17) is 0 Å². The lowest BCUT2D eigenvalue weighted by Gasteiger charge is -2.29. The number of benzene rings is 1. The number of carbonyl (C=O) groups is 2. The Morgan fingerprint density at radius 3 is 2.53 bits per heavy atom. The van der Waals surface area contributed by atoms with Crippen LogP contribution in [-0.2, 0) is 0 Å². The van der Waals surface area contributed by atoms with Crippen molar-refractivity contribution in [1.29, 1.82) is 0 Å². The van der Waals surface area contributed by atoms with Gasteiger partial charge < -0.3 is 4.90 Å². The predicted molar refractivity (Wildman–Crippen MR) is 70.2 cm³/mol. The van der Waals surface area contributed by atoms with Crippen molar-refractivity contribution in [3.63, 3.8) is 0 Å². The molecule has 92 valence electrons. The number of aliphatic imine (C=N–C) groups is 1. The fourth-order valence-corrected chi connectivity index (χ4v) is 2.86. The summed E-state index contributed by atoms with van der Waals surface area (Å²) in [4.78, 5) is 31.2. The molecule has 4 heteroatoms. The number of fused-ring (bicyclic) bond motifs is 4. The molecule has 1 aliphatic carbocycles. The van der Waals surface area contributed by atoms with Gasteiger partial charge in [0.2, 0.25) is 0 Å². The number of amidine groups is 1. The summed E-state index contributed by atoms with van der Waals surface area (Å²) < 4.78 is 0. The Hall–Kier alpha value is -2.49. The number of hydrogen-bond donors (Lipinski definition) is 0. The molecule has 0 amide bonds. The summed E-state index contributed by atoms with van der Waals surface area (Å²) in [7, 11) is 0. The molecule has 4 rings (SSSR count). The molecule has 2 atom stereocenters. The summed E-state index contributed by atoms with van der Waals surface area (Å²) in [5, 5.41) is 0. The highest BCUT2D eigenvalue weighted by Crippen LogP contribution is 2.32. The molecule has 0 radical (unpaired) electrons. The SMILES string of the molecule is O=C1c2ccccc2C(=O)[C@H]2[C@H]1N=C1C=CC=CN12. The fourth-order valence-electron chi connectivity index (χ4n) is 2.86. The van der Waals surface area contributed by atoms with Crippen molar-refractivity contribution in [2.24, 2.45) is 4.99 Å². The third kappa shape index (κ3) is 1.25. The first kappa shape index (κ1) is 10.4. The zero-order chi connectivity index (χ0) is 13.0. The summed E-state index contributed by atoms with van der Waals surface area (Å²) >= 11 is 0. The Bertz CT molecular complexity index is 700. The van der Waals surface area contributed by atoms with Gasteiger partial charge >= 0.3 is 0 Å². The second-order valence-corrected chi connectivity index (χ2v) is 4.76. The van der Waals surface area contributed by atoms with Gasteiger partial charge in [-0.2, -0.15) is 0 Å². The molecule has 4 nitrogen and oxygen atoms in total. The molecule has 0 bridgehead atoms. The van der Waals surface area contributed by atoms with Crippen molar-refractivity contribution in [1.82, 2.24) is 4.90 Å². The molecular weight excluding hydrogens is 240 g/mol. The lowest BCUT2D eigenvalue weighted by molar-refractivity contribution is 0.0806. The van der Waals surface area contributed by atoms with Gasteiger partial charge in [-0.25, -0.2) is 0 Å². The lowest BCUT2D eigenvalue weighted by Crippen LogP contribution is -2.49. The van der Waals surface area contributed by atoms with Crippen molar-refractivity contribution in [2.75, 3.05) is 0 Å². The molecule has 0 aromatic heterocycles. The molecule has 1 aromatic carbocycles. The van der Waals surface area contributed by atoms with Crippen molar-refractivity contribution in [3.8, 4) is 0 Å². The molecule has 0 N–H and O–H groups in total. The Labute approximate surface area is 109 Å². The minimum atomic E-state index is -0.607. The van der Waals surface area contributed by atoms with E-state index in [9.17, 15) is 9.59 Å². The number of ketones is 2. The van der Waals surface area contributed by atoms with Crippen LogP contribution in [0.4, 0.5) is 0 Å². The van der Waals surface area contributed by atoms with Crippen LogP contribution in [0.15, 0.2) is 53.7 Å². The molecule has 0 unspecified atom stereocenters. The van der Waals surface area contributed by atoms with Crippen LogP contribution in [0.3, 0.4) is 0 Å². The minimum absolute atomic E-state index is 0.0288. The maximum atomic E-state index is 12.6. The van der Waals surface area contributed by atoms with Gasteiger partial charge in [0, 0.05) is 17.3 Å². The summed E-state index contributed by atoms with van der Waals surface area (Å²) in [6.07, 6.45) is 7.33. The number of nitrogens with zero attached hydrogens (tertiary/aromatic N) is 2. The standard InChI is InChI=1S/C15H10N2O2/c18-14-9-5-1-2-6-10(9)15(19)13-12(14)16-11-7-3-4-8-17(11)13/h1-8,12-13H/t12-,13-/m1/s1. The molecular formula is C15H10N2O2. The molecule has 3 aliphatic rings. The van der Waals surface area contributed by atoms with Crippen LogP contribution < -0.4 is 0 Å². The number of allylic oxidation sites excluding steroid dienone is 2. The van der Waals surface area contributed by atoms with Crippen LogP contribution >= 0.6 is 0 Å². The fraction of sp³-hybridized carbons (Fsp3) is 0.133. The highest BCUT2D eigenvalue weighted by molar-refractivity contribution is 6.22.